The van der Waals surface area contributed by atoms with Crippen LogP contribution in [0.1, 0.15) is 45.1 Å². The Balaban J connectivity index is 1.49. The Kier molecular flexibility index (Phi) is 10.0. The Bertz CT molecular complexity index is 1160. The average Bonchev–Trinajstić information content (AvgIpc) is 3.50. The van der Waals surface area contributed by atoms with Gasteiger partial charge in [-0.25, -0.2) is 8.42 Å². The molecular formula is C30H41NO7S. The van der Waals surface area contributed by atoms with E-state index in [0.29, 0.717) is 24.5 Å². The molecule has 39 heavy (non-hydrogen) atoms. The number of ether oxygens (including phenoxy) is 3. The quantitative estimate of drug-likeness (QED) is 0.369. The normalized spacial score (nSPS) is 22.6. The number of hydrogen-bond acceptors (Lipinski definition) is 7. The van der Waals surface area contributed by atoms with Crippen molar-refractivity contribution < 1.29 is 32.5 Å². The molecular weight excluding hydrogens is 518 g/mol. The molecule has 1 N–H and O–H groups in total. The van der Waals surface area contributed by atoms with Crippen LogP contribution in [0.15, 0.2) is 59.5 Å². The molecule has 1 aliphatic carbocycles. The highest BCUT2D eigenvalue weighted by molar-refractivity contribution is 7.89. The van der Waals surface area contributed by atoms with Gasteiger partial charge in [0.25, 0.3) is 0 Å². The molecule has 1 heterocycles. The minimum atomic E-state index is -3.89. The third-order valence-electron chi connectivity index (χ3n) is 7.68. The lowest BCUT2D eigenvalue weighted by Crippen LogP contribution is -2.43. The molecule has 2 fully saturated rings. The van der Waals surface area contributed by atoms with Gasteiger partial charge in [0.15, 0.2) is 0 Å². The number of nitrogens with zero attached hydrogens (tertiary/aromatic N) is 1. The van der Waals surface area contributed by atoms with Crippen molar-refractivity contribution in [1.29, 1.82) is 0 Å². The molecule has 0 bridgehead atoms. The predicted molar refractivity (Wildman–Crippen MR) is 148 cm³/mol. The van der Waals surface area contributed by atoms with Crippen LogP contribution in [0, 0.1) is 17.8 Å². The van der Waals surface area contributed by atoms with Gasteiger partial charge in [-0.2, -0.15) is 4.31 Å². The first-order valence-corrected chi connectivity index (χ1v) is 15.3. The number of aliphatic hydroxyl groups is 1. The molecule has 2 aliphatic rings. The van der Waals surface area contributed by atoms with Crippen LogP contribution in [-0.2, 0) is 30.7 Å². The maximum Gasteiger partial charge on any atom is 0.306 e. The SMILES string of the molecule is COc1ccc(S(=O)(=O)N(CC(C)C)C[C@@H](O)[C@@H](CC(=O)O[C@@H]2CC3CCO[C@@H]3C2)Cc2ccccc2)cc1. The molecule has 2 aromatic rings. The Morgan fingerprint density at radius 1 is 1.08 bits per heavy atom. The van der Waals surface area contributed by atoms with Crippen molar-refractivity contribution >= 4 is 16.0 Å². The van der Waals surface area contributed by atoms with Gasteiger partial charge in [-0.1, -0.05) is 44.2 Å². The number of benzene rings is 2. The fourth-order valence-electron chi connectivity index (χ4n) is 5.65. The van der Waals surface area contributed by atoms with Gasteiger partial charge in [-0.05, 0) is 60.9 Å². The molecule has 0 radical (unpaired) electrons. The monoisotopic (exact) mass is 559 g/mol. The fourth-order valence-corrected chi connectivity index (χ4v) is 7.28. The van der Waals surface area contributed by atoms with Crippen molar-refractivity contribution in [2.45, 2.75) is 69.2 Å². The lowest BCUT2D eigenvalue weighted by molar-refractivity contribution is -0.151. The smallest absolute Gasteiger partial charge is 0.306 e. The largest absolute Gasteiger partial charge is 0.497 e. The van der Waals surface area contributed by atoms with Gasteiger partial charge in [0.2, 0.25) is 10.0 Å². The van der Waals surface area contributed by atoms with Gasteiger partial charge in [0.05, 0.1) is 30.6 Å². The van der Waals surface area contributed by atoms with E-state index in [1.54, 1.807) is 12.1 Å². The molecule has 214 valence electrons. The zero-order valence-corrected chi connectivity index (χ0v) is 23.9. The van der Waals surface area contributed by atoms with E-state index >= 15 is 0 Å². The van der Waals surface area contributed by atoms with Crippen LogP contribution in [0.4, 0.5) is 0 Å². The maximum atomic E-state index is 13.6. The predicted octanol–water partition coefficient (Wildman–Crippen LogP) is 4.06. The van der Waals surface area contributed by atoms with Crippen LogP contribution in [0.2, 0.25) is 0 Å². The molecule has 1 saturated heterocycles. The van der Waals surface area contributed by atoms with Crippen molar-refractivity contribution in [3.8, 4) is 5.75 Å². The molecule has 9 heteroatoms. The van der Waals surface area contributed by atoms with Crippen molar-refractivity contribution in [2.75, 3.05) is 26.8 Å². The Hall–Kier alpha value is -2.46. The third-order valence-corrected chi connectivity index (χ3v) is 9.52. The summed E-state index contributed by atoms with van der Waals surface area (Å²) in [7, 11) is -2.37. The van der Waals surface area contributed by atoms with E-state index in [4.69, 9.17) is 14.2 Å². The first kappa shape index (κ1) is 29.5. The summed E-state index contributed by atoms with van der Waals surface area (Å²) in [6, 6.07) is 15.8. The lowest BCUT2D eigenvalue weighted by Gasteiger charge is -2.30. The zero-order valence-electron chi connectivity index (χ0n) is 23.1. The highest BCUT2D eigenvalue weighted by atomic mass is 32.2. The number of rotatable bonds is 13. The van der Waals surface area contributed by atoms with Crippen molar-refractivity contribution in [1.82, 2.24) is 4.31 Å². The van der Waals surface area contributed by atoms with E-state index in [0.717, 1.165) is 25.0 Å². The molecule has 0 aromatic heterocycles. The Morgan fingerprint density at radius 3 is 2.44 bits per heavy atom. The van der Waals surface area contributed by atoms with Gasteiger partial charge >= 0.3 is 5.97 Å². The van der Waals surface area contributed by atoms with E-state index in [-0.39, 0.29) is 48.5 Å². The summed E-state index contributed by atoms with van der Waals surface area (Å²) in [6.45, 7) is 4.75. The van der Waals surface area contributed by atoms with Crippen LogP contribution in [0.3, 0.4) is 0 Å². The molecule has 1 saturated carbocycles. The number of hydrogen-bond donors (Lipinski definition) is 1. The molecule has 2 aromatic carbocycles. The van der Waals surface area contributed by atoms with Crippen molar-refractivity contribution in [3.63, 3.8) is 0 Å². The van der Waals surface area contributed by atoms with Gasteiger partial charge in [0, 0.05) is 32.0 Å². The summed E-state index contributed by atoms with van der Waals surface area (Å²) >= 11 is 0. The first-order chi connectivity index (χ1) is 18.7. The number of carbonyl (C=O) groups excluding carboxylic acids is 1. The molecule has 1 unspecified atom stereocenters. The van der Waals surface area contributed by atoms with Crippen LogP contribution >= 0.6 is 0 Å². The zero-order chi connectivity index (χ0) is 28.0. The van der Waals surface area contributed by atoms with Crippen LogP contribution in [0.5, 0.6) is 5.75 Å². The summed E-state index contributed by atoms with van der Waals surface area (Å²) < 4.78 is 45.3. The van der Waals surface area contributed by atoms with Crippen LogP contribution in [-0.4, -0.2) is 68.9 Å². The average molecular weight is 560 g/mol. The first-order valence-electron chi connectivity index (χ1n) is 13.8. The van der Waals surface area contributed by atoms with E-state index in [9.17, 15) is 18.3 Å². The minimum absolute atomic E-state index is 0.000847. The number of carbonyl (C=O) groups is 1. The highest BCUT2D eigenvalue weighted by Crippen LogP contribution is 2.37. The number of fused-ring (bicyclic) bond motifs is 1. The number of methoxy groups -OCH3 is 1. The number of esters is 1. The van der Waals surface area contributed by atoms with Gasteiger partial charge in [-0.3, -0.25) is 4.79 Å². The molecule has 0 spiro atoms. The van der Waals surface area contributed by atoms with Gasteiger partial charge in [0.1, 0.15) is 11.9 Å². The summed E-state index contributed by atoms with van der Waals surface area (Å²) in [5.41, 5.74) is 0.964. The second-order valence-corrected chi connectivity index (χ2v) is 13.1. The van der Waals surface area contributed by atoms with E-state index < -0.39 is 22.0 Å². The van der Waals surface area contributed by atoms with E-state index in [2.05, 4.69) is 0 Å². The number of sulfonamides is 1. The standard InChI is InChI=1S/C30H41NO7S/c1-21(2)19-31(39(34,35)27-11-9-25(36-3)10-12-27)20-28(32)24(15-22-7-5-4-6-8-22)17-30(33)38-26-16-23-13-14-37-29(23)18-26/h4-12,21,23-24,26,28-29,32H,13-20H2,1-3H3/t23?,24-,26-,28-,29-/m1/s1. The van der Waals surface area contributed by atoms with Crippen molar-refractivity contribution in [2.24, 2.45) is 17.8 Å². The minimum Gasteiger partial charge on any atom is -0.497 e. The molecule has 0 amide bonds. The van der Waals surface area contributed by atoms with Crippen LogP contribution in [0.25, 0.3) is 0 Å². The maximum absolute atomic E-state index is 13.6. The number of aliphatic hydroxyl groups excluding tert-OH is 1. The topological polar surface area (TPSA) is 102 Å². The van der Waals surface area contributed by atoms with E-state index in [1.807, 2.05) is 44.2 Å². The lowest BCUT2D eigenvalue weighted by atomic mass is 9.90. The molecule has 1 aliphatic heterocycles. The second-order valence-electron chi connectivity index (χ2n) is 11.2. The summed E-state index contributed by atoms with van der Waals surface area (Å²) in [6.07, 6.45) is 1.87. The fraction of sp³-hybridized carbons (Fsp3) is 0.567. The van der Waals surface area contributed by atoms with Crippen LogP contribution < -0.4 is 4.74 Å². The summed E-state index contributed by atoms with van der Waals surface area (Å²) in [5.74, 6) is 0.155. The molecule has 4 rings (SSSR count). The Labute approximate surface area is 232 Å². The molecule has 5 atom stereocenters. The second kappa shape index (κ2) is 13.3. The van der Waals surface area contributed by atoms with Crippen molar-refractivity contribution in [3.05, 3.63) is 60.2 Å². The van der Waals surface area contributed by atoms with Gasteiger partial charge < -0.3 is 19.3 Å². The third kappa shape index (κ3) is 7.81. The summed E-state index contributed by atoms with van der Waals surface area (Å²) in [4.78, 5) is 13.2. The summed E-state index contributed by atoms with van der Waals surface area (Å²) in [5, 5.41) is 11.4. The van der Waals surface area contributed by atoms with Gasteiger partial charge in [-0.15, -0.1) is 0 Å². The van der Waals surface area contributed by atoms with E-state index in [1.165, 1.54) is 23.5 Å². The Morgan fingerprint density at radius 2 is 1.79 bits per heavy atom. The highest BCUT2D eigenvalue weighted by Gasteiger charge is 2.40. The molecule has 8 nitrogen and oxygen atoms in total.